The molecule has 2 aromatic carbocycles. The average molecular weight is 361 g/mol. The summed E-state index contributed by atoms with van der Waals surface area (Å²) in [6.45, 7) is 5.92. The van der Waals surface area contributed by atoms with Crippen molar-refractivity contribution in [1.29, 1.82) is 0 Å². The largest absolute Gasteiger partial charge is 0.300 e. The third-order valence-electron chi connectivity index (χ3n) is 5.14. The number of carbonyl (C=O) groups is 1. The Labute approximate surface area is 156 Å². The van der Waals surface area contributed by atoms with Gasteiger partial charge in [-0.2, -0.15) is 0 Å². The molecule has 1 aliphatic rings. The van der Waals surface area contributed by atoms with Crippen LogP contribution in [-0.2, 0) is 11.2 Å². The minimum Gasteiger partial charge on any atom is -0.300 e. The number of nitrogens with zero attached hydrogens (tertiary/aromatic N) is 2. The van der Waals surface area contributed by atoms with Crippen molar-refractivity contribution in [3.05, 3.63) is 82.9 Å². The Morgan fingerprint density at radius 1 is 1.31 bits per heavy atom. The van der Waals surface area contributed by atoms with E-state index in [2.05, 4.69) is 52.4 Å². The predicted octanol–water partition coefficient (Wildman–Crippen LogP) is 4.51. The van der Waals surface area contributed by atoms with Crippen molar-refractivity contribution in [2.24, 2.45) is 5.41 Å². The van der Waals surface area contributed by atoms with Gasteiger partial charge in [0, 0.05) is 5.92 Å². The number of aromatic nitrogens is 2. The monoisotopic (exact) mass is 361 g/mol. The lowest BCUT2D eigenvalue weighted by Crippen LogP contribution is -2.37. The fourth-order valence-corrected chi connectivity index (χ4v) is 4.32. The van der Waals surface area contributed by atoms with E-state index in [4.69, 9.17) is 0 Å². The second-order valence-corrected chi connectivity index (χ2v) is 7.63. The van der Waals surface area contributed by atoms with Gasteiger partial charge in [-0.15, -0.1) is 10.2 Å². The number of nitrogens with one attached hydrogen (secondary N) is 1. The first-order chi connectivity index (χ1) is 12.6. The predicted molar refractivity (Wildman–Crippen MR) is 105 cm³/mol. The van der Waals surface area contributed by atoms with Crippen molar-refractivity contribution in [2.75, 3.05) is 5.32 Å². The Morgan fingerprint density at radius 2 is 2.12 bits per heavy atom. The van der Waals surface area contributed by atoms with Gasteiger partial charge in [0.15, 0.2) is 0 Å². The van der Waals surface area contributed by atoms with Crippen molar-refractivity contribution in [2.45, 2.75) is 19.3 Å². The molecule has 1 aliphatic carbocycles. The Balaban J connectivity index is 1.80. The molecule has 0 radical (unpaired) electrons. The fourth-order valence-electron chi connectivity index (χ4n) is 3.88. The molecule has 0 spiro atoms. The van der Waals surface area contributed by atoms with Gasteiger partial charge in [-0.3, -0.25) is 4.79 Å². The highest BCUT2D eigenvalue weighted by atomic mass is 32.1. The number of carbonyl (C=O) groups excluding carboxylic acids is 1. The lowest BCUT2D eigenvalue weighted by molar-refractivity contribution is -0.125. The third-order valence-corrected chi connectivity index (χ3v) is 5.75. The molecule has 1 amide bonds. The van der Waals surface area contributed by atoms with Gasteiger partial charge in [0.1, 0.15) is 5.51 Å². The Morgan fingerprint density at radius 3 is 2.81 bits per heavy atom. The molecule has 130 valence electrons. The van der Waals surface area contributed by atoms with E-state index < -0.39 is 5.41 Å². The van der Waals surface area contributed by atoms with Crippen LogP contribution in [0, 0.1) is 5.41 Å². The van der Waals surface area contributed by atoms with Crippen LogP contribution in [0.2, 0.25) is 0 Å². The molecule has 2 atom stereocenters. The summed E-state index contributed by atoms with van der Waals surface area (Å²) in [6, 6.07) is 16.6. The molecule has 1 N–H and O–H groups in total. The highest BCUT2D eigenvalue weighted by molar-refractivity contribution is 7.13. The number of anilines is 1. The van der Waals surface area contributed by atoms with Gasteiger partial charge in [-0.1, -0.05) is 72.5 Å². The molecule has 5 heteroatoms. The van der Waals surface area contributed by atoms with Crippen molar-refractivity contribution in [1.82, 2.24) is 10.2 Å². The summed E-state index contributed by atoms with van der Waals surface area (Å²) >= 11 is 1.33. The van der Waals surface area contributed by atoms with Crippen LogP contribution < -0.4 is 5.32 Å². The smallest absolute Gasteiger partial charge is 0.233 e. The molecule has 0 aliphatic heterocycles. The summed E-state index contributed by atoms with van der Waals surface area (Å²) in [5, 5.41) is 11.2. The second-order valence-electron chi connectivity index (χ2n) is 6.80. The minimum atomic E-state index is -0.602. The average Bonchev–Trinajstić information content (AvgIpc) is 3.27. The van der Waals surface area contributed by atoms with Gasteiger partial charge in [-0.25, -0.2) is 0 Å². The molecule has 0 saturated carbocycles. The van der Waals surface area contributed by atoms with Crippen molar-refractivity contribution in [3.63, 3.8) is 0 Å². The van der Waals surface area contributed by atoms with Crippen molar-refractivity contribution < 1.29 is 4.79 Å². The first-order valence-corrected chi connectivity index (χ1v) is 9.37. The molecule has 0 unspecified atom stereocenters. The maximum absolute atomic E-state index is 13.2. The first kappa shape index (κ1) is 16.7. The third kappa shape index (κ3) is 2.74. The van der Waals surface area contributed by atoms with E-state index >= 15 is 0 Å². The van der Waals surface area contributed by atoms with Gasteiger partial charge in [0.05, 0.1) is 5.41 Å². The van der Waals surface area contributed by atoms with Gasteiger partial charge in [0.2, 0.25) is 11.0 Å². The van der Waals surface area contributed by atoms with E-state index in [-0.39, 0.29) is 11.8 Å². The van der Waals surface area contributed by atoms with Crippen LogP contribution in [0.15, 0.2) is 60.6 Å². The van der Waals surface area contributed by atoms with Gasteiger partial charge in [0.25, 0.3) is 0 Å². The molecule has 1 heterocycles. The second kappa shape index (κ2) is 6.50. The molecule has 26 heavy (non-hydrogen) atoms. The quantitative estimate of drug-likeness (QED) is 0.744. The molecule has 1 aromatic heterocycles. The summed E-state index contributed by atoms with van der Waals surface area (Å²) in [7, 11) is 0. The molecule has 3 aromatic rings. The topological polar surface area (TPSA) is 54.9 Å². The Hall–Kier alpha value is -2.79. The maximum Gasteiger partial charge on any atom is 0.233 e. The van der Waals surface area contributed by atoms with Crippen molar-refractivity contribution in [3.8, 4) is 0 Å². The van der Waals surface area contributed by atoms with Crippen LogP contribution in [0.4, 0.5) is 5.13 Å². The lowest BCUT2D eigenvalue weighted by atomic mass is 9.73. The zero-order valence-electron chi connectivity index (χ0n) is 14.5. The number of rotatable bonds is 4. The van der Waals surface area contributed by atoms with E-state index in [1.54, 1.807) is 5.51 Å². The first-order valence-electron chi connectivity index (χ1n) is 8.49. The fraction of sp³-hybridized carbons (Fsp3) is 0.190. The SMILES string of the molecule is C=Cc1ccc2c(c1)[C@H](c1ccccc1)[C@](C)(C(=O)Nc1nncs1)C2. The molecular formula is C21H19N3OS. The van der Waals surface area contributed by atoms with Crippen LogP contribution in [-0.4, -0.2) is 16.1 Å². The van der Waals surface area contributed by atoms with E-state index in [9.17, 15) is 4.79 Å². The van der Waals surface area contributed by atoms with Crippen LogP contribution in [0.3, 0.4) is 0 Å². The highest BCUT2D eigenvalue weighted by Gasteiger charge is 2.48. The number of hydrogen-bond acceptors (Lipinski definition) is 4. The van der Waals surface area contributed by atoms with E-state index in [1.807, 2.05) is 31.2 Å². The molecule has 4 nitrogen and oxygen atoms in total. The van der Waals surface area contributed by atoms with Gasteiger partial charge < -0.3 is 5.32 Å². The van der Waals surface area contributed by atoms with Crippen LogP contribution >= 0.6 is 11.3 Å². The van der Waals surface area contributed by atoms with Crippen LogP contribution in [0.1, 0.15) is 35.1 Å². The Bertz CT molecular complexity index is 953. The van der Waals surface area contributed by atoms with Crippen LogP contribution in [0.25, 0.3) is 6.08 Å². The summed E-state index contributed by atoms with van der Waals surface area (Å²) < 4.78 is 0. The lowest BCUT2D eigenvalue weighted by Gasteiger charge is -2.30. The van der Waals surface area contributed by atoms with E-state index in [0.717, 1.165) is 11.1 Å². The summed E-state index contributed by atoms with van der Waals surface area (Å²) in [6.07, 6.45) is 2.53. The van der Waals surface area contributed by atoms with Gasteiger partial charge >= 0.3 is 0 Å². The Kier molecular flexibility index (Phi) is 4.17. The van der Waals surface area contributed by atoms with E-state index in [0.29, 0.717) is 11.6 Å². The molecule has 0 fully saturated rings. The number of amides is 1. The maximum atomic E-state index is 13.2. The summed E-state index contributed by atoms with van der Waals surface area (Å²) in [4.78, 5) is 13.2. The molecule has 0 saturated heterocycles. The molecule has 0 bridgehead atoms. The zero-order valence-corrected chi connectivity index (χ0v) is 15.3. The van der Waals surface area contributed by atoms with E-state index in [1.165, 1.54) is 22.5 Å². The summed E-state index contributed by atoms with van der Waals surface area (Å²) in [5.74, 6) is -0.0500. The van der Waals surface area contributed by atoms with Crippen molar-refractivity contribution >= 4 is 28.5 Å². The number of fused-ring (bicyclic) bond motifs is 1. The highest BCUT2D eigenvalue weighted by Crippen LogP contribution is 2.51. The van der Waals surface area contributed by atoms with Gasteiger partial charge in [-0.05, 0) is 35.6 Å². The number of hydrogen-bond donors (Lipinski definition) is 1. The zero-order chi connectivity index (χ0) is 18.1. The number of benzene rings is 2. The molecule has 4 rings (SSSR count). The van der Waals surface area contributed by atoms with Crippen LogP contribution in [0.5, 0.6) is 0 Å². The normalized spacial score (nSPS) is 21.2. The molecular weight excluding hydrogens is 342 g/mol. The minimum absolute atomic E-state index is 0.0217. The summed E-state index contributed by atoms with van der Waals surface area (Å²) in [5.41, 5.74) is 5.63. The standard InChI is InChI=1S/C21H19N3OS/c1-3-14-9-10-16-12-21(2,19(25)23-20-24-22-13-26-20)18(17(16)11-14)15-7-5-4-6-8-15/h3-11,13,18H,1,12H2,2H3,(H,23,24,25)/t18-,21+/m0/s1.